The van der Waals surface area contributed by atoms with Gasteiger partial charge in [0.2, 0.25) is 0 Å². The first kappa shape index (κ1) is 31.6. The summed E-state index contributed by atoms with van der Waals surface area (Å²) in [6, 6.07) is 75.3. The molecule has 2 aromatic heterocycles. The van der Waals surface area contributed by atoms with Crippen molar-refractivity contribution in [2.24, 2.45) is 0 Å². The van der Waals surface area contributed by atoms with Gasteiger partial charge in [-0.3, -0.25) is 0 Å². The zero-order valence-corrected chi connectivity index (χ0v) is 30.7. The van der Waals surface area contributed by atoms with Crippen LogP contribution in [0.3, 0.4) is 0 Å². The average molecular weight is 719 g/mol. The predicted octanol–water partition coefficient (Wildman–Crippen LogP) is 15.1. The van der Waals surface area contributed by atoms with E-state index in [4.69, 9.17) is 0 Å². The lowest BCUT2D eigenvalue weighted by Crippen LogP contribution is -2.13. The van der Waals surface area contributed by atoms with E-state index in [-0.39, 0.29) is 0 Å². The molecule has 0 N–H and O–H groups in total. The highest BCUT2D eigenvalue weighted by molar-refractivity contribution is 7.25. The summed E-state index contributed by atoms with van der Waals surface area (Å²) in [6.45, 7) is 0. The first-order valence-corrected chi connectivity index (χ1v) is 19.6. The molecule has 0 aliphatic heterocycles. The molecule has 11 aromatic rings. The van der Waals surface area contributed by atoms with E-state index in [2.05, 4.69) is 216 Å². The van der Waals surface area contributed by atoms with Gasteiger partial charge in [0.05, 0.1) is 28.1 Å². The maximum Gasteiger partial charge on any atom is 0.0562 e. The Labute approximate surface area is 323 Å². The average Bonchev–Trinajstić information content (AvgIpc) is 3.80. The van der Waals surface area contributed by atoms with E-state index in [1.807, 2.05) is 11.3 Å². The van der Waals surface area contributed by atoms with Crippen molar-refractivity contribution in [1.82, 2.24) is 4.57 Å². The third-order valence-corrected chi connectivity index (χ3v) is 12.1. The number of nitrogens with zero attached hydrogens (tertiary/aromatic N) is 2. The Morgan fingerprint density at radius 1 is 0.364 bits per heavy atom. The molecule has 3 heteroatoms. The molecule has 9 aromatic carbocycles. The lowest BCUT2D eigenvalue weighted by atomic mass is 9.96. The fraction of sp³-hybridized carbons (Fsp3) is 0. The van der Waals surface area contributed by atoms with Gasteiger partial charge in [-0.1, -0.05) is 140 Å². The van der Waals surface area contributed by atoms with E-state index >= 15 is 0 Å². The number of fused-ring (bicyclic) bond motifs is 7. The smallest absolute Gasteiger partial charge is 0.0562 e. The van der Waals surface area contributed by atoms with Crippen molar-refractivity contribution >= 4 is 81.1 Å². The summed E-state index contributed by atoms with van der Waals surface area (Å²) in [7, 11) is 0. The van der Waals surface area contributed by atoms with E-state index in [1.54, 1.807) is 0 Å². The molecule has 0 unspecified atom stereocenters. The number of aromatic nitrogens is 1. The Balaban J connectivity index is 1.22. The van der Waals surface area contributed by atoms with Gasteiger partial charge in [-0.2, -0.15) is 0 Å². The van der Waals surface area contributed by atoms with E-state index in [0.717, 1.165) is 22.7 Å². The van der Waals surface area contributed by atoms with Crippen LogP contribution in [0.5, 0.6) is 0 Å². The molecule has 0 amide bonds. The second kappa shape index (κ2) is 12.9. The fourth-order valence-corrected chi connectivity index (χ4v) is 9.59. The van der Waals surface area contributed by atoms with Crippen molar-refractivity contribution in [3.63, 3.8) is 0 Å². The Hall–Kier alpha value is -6.94. The topological polar surface area (TPSA) is 8.17 Å². The van der Waals surface area contributed by atoms with Crippen LogP contribution in [0.4, 0.5) is 17.1 Å². The fourth-order valence-electron chi connectivity index (χ4n) is 8.51. The molecule has 0 saturated carbocycles. The van der Waals surface area contributed by atoms with Crippen molar-refractivity contribution in [1.29, 1.82) is 0 Å². The van der Waals surface area contributed by atoms with Gasteiger partial charge in [-0.25, -0.2) is 0 Å². The van der Waals surface area contributed by atoms with Crippen LogP contribution >= 0.6 is 11.3 Å². The van der Waals surface area contributed by atoms with Crippen LogP contribution in [0.1, 0.15) is 0 Å². The summed E-state index contributed by atoms with van der Waals surface area (Å²) in [5, 5.41) is 7.49. The van der Waals surface area contributed by atoms with Gasteiger partial charge in [-0.15, -0.1) is 11.3 Å². The summed E-state index contributed by atoms with van der Waals surface area (Å²) < 4.78 is 5.03. The van der Waals surface area contributed by atoms with Gasteiger partial charge in [0.15, 0.2) is 0 Å². The number of hydrogen-bond donors (Lipinski definition) is 0. The Morgan fingerprint density at radius 3 is 1.76 bits per heavy atom. The maximum absolute atomic E-state index is 2.51. The molecule has 0 saturated heterocycles. The molecule has 0 bridgehead atoms. The van der Waals surface area contributed by atoms with Crippen molar-refractivity contribution in [3.8, 4) is 27.9 Å². The van der Waals surface area contributed by atoms with Crippen LogP contribution in [0.25, 0.3) is 80.7 Å². The third-order valence-electron chi connectivity index (χ3n) is 11.0. The second-order valence-corrected chi connectivity index (χ2v) is 15.2. The Kier molecular flexibility index (Phi) is 7.39. The first-order chi connectivity index (χ1) is 27.3. The van der Waals surface area contributed by atoms with Crippen LogP contribution in [0.15, 0.2) is 206 Å². The summed E-state index contributed by atoms with van der Waals surface area (Å²) in [4.78, 5) is 2.51. The second-order valence-electron chi connectivity index (χ2n) is 14.1. The minimum atomic E-state index is 1.12. The van der Waals surface area contributed by atoms with Crippen LogP contribution in [-0.4, -0.2) is 4.57 Å². The van der Waals surface area contributed by atoms with E-state index < -0.39 is 0 Å². The highest BCUT2D eigenvalue weighted by atomic mass is 32.1. The van der Waals surface area contributed by atoms with Gasteiger partial charge < -0.3 is 9.47 Å². The molecule has 258 valence electrons. The minimum absolute atomic E-state index is 1.12. The molecule has 2 heterocycles. The summed E-state index contributed by atoms with van der Waals surface area (Å²) in [5.41, 5.74) is 11.6. The van der Waals surface area contributed by atoms with Gasteiger partial charge >= 0.3 is 0 Å². The van der Waals surface area contributed by atoms with Gasteiger partial charge in [-0.05, 0) is 88.6 Å². The molecule has 0 aliphatic carbocycles. The Bertz CT molecular complexity index is 3220. The van der Waals surface area contributed by atoms with Crippen molar-refractivity contribution in [3.05, 3.63) is 206 Å². The quantitative estimate of drug-likeness (QED) is 0.166. The molecule has 2 nitrogen and oxygen atoms in total. The maximum atomic E-state index is 2.51. The minimum Gasteiger partial charge on any atom is -0.309 e. The van der Waals surface area contributed by atoms with Crippen molar-refractivity contribution in [2.75, 3.05) is 4.90 Å². The Morgan fingerprint density at radius 2 is 0.945 bits per heavy atom. The SMILES string of the molecule is c1ccc(-n2c3ccccc3c3c(N(c4ccccc4-c4ccc5ccccc5c4)c4ccccc4-c4ccc5sc6ccccc6c5c4)cccc32)cc1. The molecule has 0 fully saturated rings. The molecule has 0 radical (unpaired) electrons. The van der Waals surface area contributed by atoms with Crippen molar-refractivity contribution in [2.45, 2.75) is 0 Å². The summed E-state index contributed by atoms with van der Waals surface area (Å²) >= 11 is 1.86. The summed E-state index contributed by atoms with van der Waals surface area (Å²) in [5.74, 6) is 0. The van der Waals surface area contributed by atoms with Gasteiger partial charge in [0, 0.05) is 47.8 Å². The van der Waals surface area contributed by atoms with E-state index in [9.17, 15) is 0 Å². The zero-order chi connectivity index (χ0) is 36.3. The molecule has 55 heavy (non-hydrogen) atoms. The number of hydrogen-bond acceptors (Lipinski definition) is 2. The number of benzene rings is 9. The predicted molar refractivity (Wildman–Crippen MR) is 237 cm³/mol. The number of anilines is 3. The van der Waals surface area contributed by atoms with Crippen LogP contribution in [0, 0.1) is 0 Å². The van der Waals surface area contributed by atoms with Gasteiger partial charge in [0.1, 0.15) is 0 Å². The standard InChI is InChI=1S/C52H34N2S/c1-2-17-39(18-3-1)53-47-25-12-8-22-43(47)52-48(53)26-14-27-49(52)54(45-23-10-6-19-40(45)37-30-29-35-15-4-5-16-36(35)33-37)46-24-11-7-20-41(46)38-31-32-51-44(34-38)42-21-9-13-28-50(42)55-51/h1-34H. The lowest BCUT2D eigenvalue weighted by Gasteiger charge is -2.30. The molecule has 0 spiro atoms. The third kappa shape index (κ3) is 5.16. The number of thiophene rings is 1. The number of para-hydroxylation sites is 4. The molecule has 11 rings (SSSR count). The lowest BCUT2D eigenvalue weighted by molar-refractivity contribution is 1.18. The molecule has 0 atom stereocenters. The normalized spacial score (nSPS) is 11.6. The highest BCUT2D eigenvalue weighted by Gasteiger charge is 2.25. The van der Waals surface area contributed by atoms with Crippen LogP contribution in [-0.2, 0) is 0 Å². The molecular weight excluding hydrogens is 685 g/mol. The monoisotopic (exact) mass is 718 g/mol. The number of rotatable bonds is 6. The largest absolute Gasteiger partial charge is 0.309 e. The zero-order valence-electron chi connectivity index (χ0n) is 29.9. The van der Waals surface area contributed by atoms with Crippen molar-refractivity contribution < 1.29 is 0 Å². The van der Waals surface area contributed by atoms with E-state index in [0.29, 0.717) is 0 Å². The molecule has 0 aliphatic rings. The first-order valence-electron chi connectivity index (χ1n) is 18.8. The van der Waals surface area contributed by atoms with Crippen LogP contribution in [0.2, 0.25) is 0 Å². The highest BCUT2D eigenvalue weighted by Crippen LogP contribution is 2.49. The molecular formula is C52H34N2S. The summed E-state index contributed by atoms with van der Waals surface area (Å²) in [6.07, 6.45) is 0. The van der Waals surface area contributed by atoms with Gasteiger partial charge in [0.25, 0.3) is 0 Å². The van der Waals surface area contributed by atoms with Crippen LogP contribution < -0.4 is 4.90 Å². The van der Waals surface area contributed by atoms with E-state index in [1.165, 1.54) is 75.0 Å².